The summed E-state index contributed by atoms with van der Waals surface area (Å²) in [5.41, 5.74) is 7.97. The van der Waals surface area contributed by atoms with Crippen LogP contribution in [-0.4, -0.2) is 9.97 Å². The Bertz CT molecular complexity index is 1170. The van der Waals surface area contributed by atoms with E-state index in [1.54, 1.807) is 0 Å². The maximum atomic E-state index is 4.85. The number of nitrogens with zero attached hydrogens (tertiary/aromatic N) is 2. The Morgan fingerprint density at radius 3 is 2.29 bits per heavy atom. The van der Waals surface area contributed by atoms with E-state index in [1.165, 1.54) is 21.9 Å². The first kappa shape index (κ1) is 18.4. The van der Waals surface area contributed by atoms with E-state index in [1.807, 2.05) is 6.20 Å². The van der Waals surface area contributed by atoms with Gasteiger partial charge >= 0.3 is 0 Å². The molecule has 0 unspecified atom stereocenters. The van der Waals surface area contributed by atoms with Crippen LogP contribution < -0.4 is 0 Å². The SMILES string of the molecule is Cc1cc2ccccc2c(-c2cccc(-c3cc(C)c(C(C)(C)C)cn3)c2)n1. The van der Waals surface area contributed by atoms with Crippen molar-refractivity contribution in [3.8, 4) is 22.5 Å². The molecule has 0 saturated carbocycles. The Morgan fingerprint density at radius 1 is 0.786 bits per heavy atom. The molecule has 0 atom stereocenters. The molecule has 0 aliphatic carbocycles. The molecule has 140 valence electrons. The summed E-state index contributed by atoms with van der Waals surface area (Å²) in [5.74, 6) is 0. The van der Waals surface area contributed by atoms with Gasteiger partial charge in [0.25, 0.3) is 0 Å². The van der Waals surface area contributed by atoms with Gasteiger partial charge < -0.3 is 0 Å². The summed E-state index contributed by atoms with van der Waals surface area (Å²) in [6.45, 7) is 10.9. The van der Waals surface area contributed by atoms with Gasteiger partial charge in [0, 0.05) is 28.4 Å². The summed E-state index contributed by atoms with van der Waals surface area (Å²) in [7, 11) is 0. The maximum absolute atomic E-state index is 4.85. The number of hydrogen-bond acceptors (Lipinski definition) is 2. The first-order valence-electron chi connectivity index (χ1n) is 9.77. The molecule has 2 aromatic heterocycles. The minimum atomic E-state index is 0.0991. The number of benzene rings is 2. The largest absolute Gasteiger partial charge is 0.256 e. The Morgan fingerprint density at radius 2 is 1.54 bits per heavy atom. The summed E-state index contributed by atoms with van der Waals surface area (Å²) >= 11 is 0. The molecule has 2 heteroatoms. The molecule has 0 N–H and O–H groups in total. The van der Waals surface area contributed by atoms with Crippen molar-refractivity contribution < 1.29 is 0 Å². The molecular formula is C26H26N2. The van der Waals surface area contributed by atoms with Gasteiger partial charge in [0.15, 0.2) is 0 Å². The van der Waals surface area contributed by atoms with Gasteiger partial charge in [-0.15, -0.1) is 0 Å². The highest BCUT2D eigenvalue weighted by Crippen LogP contribution is 2.32. The van der Waals surface area contributed by atoms with Crippen LogP contribution in [0.25, 0.3) is 33.3 Å². The third-order valence-corrected chi connectivity index (χ3v) is 5.22. The molecule has 0 aliphatic rings. The van der Waals surface area contributed by atoms with E-state index in [9.17, 15) is 0 Å². The molecular weight excluding hydrogens is 340 g/mol. The van der Waals surface area contributed by atoms with Gasteiger partial charge in [-0.05, 0) is 54.0 Å². The number of fused-ring (bicyclic) bond motifs is 1. The molecule has 0 aliphatic heterocycles. The number of aromatic nitrogens is 2. The van der Waals surface area contributed by atoms with Crippen molar-refractivity contribution in [2.24, 2.45) is 0 Å². The van der Waals surface area contributed by atoms with Gasteiger partial charge in [-0.25, -0.2) is 0 Å². The van der Waals surface area contributed by atoms with Crippen molar-refractivity contribution in [3.05, 3.63) is 83.7 Å². The van der Waals surface area contributed by atoms with Crippen molar-refractivity contribution in [2.45, 2.75) is 40.0 Å². The highest BCUT2D eigenvalue weighted by molar-refractivity contribution is 5.95. The summed E-state index contributed by atoms with van der Waals surface area (Å²) in [6.07, 6.45) is 2.03. The second-order valence-electron chi connectivity index (χ2n) is 8.55. The number of aryl methyl sites for hydroxylation is 2. The summed E-state index contributed by atoms with van der Waals surface area (Å²) in [4.78, 5) is 9.62. The lowest BCUT2D eigenvalue weighted by atomic mass is 9.85. The molecule has 28 heavy (non-hydrogen) atoms. The molecule has 0 amide bonds. The van der Waals surface area contributed by atoms with E-state index in [2.05, 4.69) is 95.3 Å². The first-order chi connectivity index (χ1) is 13.3. The van der Waals surface area contributed by atoms with Gasteiger partial charge in [-0.3, -0.25) is 9.97 Å². The van der Waals surface area contributed by atoms with Crippen LogP contribution in [0.3, 0.4) is 0 Å². The van der Waals surface area contributed by atoms with Crippen molar-refractivity contribution >= 4 is 10.8 Å². The van der Waals surface area contributed by atoms with Crippen LogP contribution in [0, 0.1) is 13.8 Å². The molecule has 0 bridgehead atoms. The lowest BCUT2D eigenvalue weighted by Gasteiger charge is -2.21. The topological polar surface area (TPSA) is 25.8 Å². The van der Waals surface area contributed by atoms with Crippen molar-refractivity contribution in [1.29, 1.82) is 0 Å². The van der Waals surface area contributed by atoms with Crippen LogP contribution in [0.2, 0.25) is 0 Å². The molecule has 2 nitrogen and oxygen atoms in total. The van der Waals surface area contributed by atoms with Gasteiger partial charge in [0.2, 0.25) is 0 Å². The standard InChI is InChI=1S/C26H26N2/c1-17-13-24(27-16-23(17)26(3,4)5)20-10-8-11-21(15-20)25-22-12-7-6-9-19(22)14-18(2)28-25/h6-16H,1-5H3. The number of rotatable bonds is 2. The average Bonchev–Trinajstić information content (AvgIpc) is 2.66. The fraction of sp³-hybridized carbons (Fsp3) is 0.231. The molecule has 2 heterocycles. The zero-order valence-corrected chi connectivity index (χ0v) is 17.2. The summed E-state index contributed by atoms with van der Waals surface area (Å²) in [5, 5.41) is 2.40. The van der Waals surface area contributed by atoms with Crippen LogP contribution in [0.1, 0.15) is 37.6 Å². The quantitative estimate of drug-likeness (QED) is 0.386. The van der Waals surface area contributed by atoms with Crippen LogP contribution in [0.15, 0.2) is 66.9 Å². The molecule has 0 fully saturated rings. The molecule has 4 rings (SSSR count). The molecule has 2 aromatic carbocycles. The molecule has 0 saturated heterocycles. The second kappa shape index (κ2) is 6.87. The normalized spacial score (nSPS) is 11.8. The fourth-order valence-electron chi connectivity index (χ4n) is 3.88. The van der Waals surface area contributed by atoms with Crippen LogP contribution >= 0.6 is 0 Å². The van der Waals surface area contributed by atoms with Gasteiger partial charge in [0.05, 0.1) is 11.4 Å². The first-order valence-corrected chi connectivity index (χ1v) is 9.77. The Hall–Kier alpha value is -3.00. The third-order valence-electron chi connectivity index (χ3n) is 5.22. The highest BCUT2D eigenvalue weighted by Gasteiger charge is 2.17. The maximum Gasteiger partial charge on any atom is 0.0783 e. The van der Waals surface area contributed by atoms with Crippen molar-refractivity contribution in [3.63, 3.8) is 0 Å². The van der Waals surface area contributed by atoms with E-state index in [4.69, 9.17) is 9.97 Å². The van der Waals surface area contributed by atoms with Crippen LogP contribution in [-0.2, 0) is 5.41 Å². The predicted octanol–water partition coefficient (Wildman–Crippen LogP) is 6.88. The summed E-state index contributed by atoms with van der Waals surface area (Å²) < 4.78 is 0. The van der Waals surface area contributed by atoms with E-state index in [-0.39, 0.29) is 5.41 Å². The minimum Gasteiger partial charge on any atom is -0.256 e. The van der Waals surface area contributed by atoms with E-state index < -0.39 is 0 Å². The molecule has 4 aromatic rings. The lowest BCUT2D eigenvalue weighted by molar-refractivity contribution is 0.583. The van der Waals surface area contributed by atoms with Crippen LogP contribution in [0.5, 0.6) is 0 Å². The third kappa shape index (κ3) is 3.43. The van der Waals surface area contributed by atoms with Gasteiger partial charge in [0.1, 0.15) is 0 Å². The van der Waals surface area contributed by atoms with Gasteiger partial charge in [-0.1, -0.05) is 63.2 Å². The number of hydrogen-bond donors (Lipinski definition) is 0. The number of pyridine rings is 2. The van der Waals surface area contributed by atoms with Crippen molar-refractivity contribution in [1.82, 2.24) is 9.97 Å². The Labute approximate surface area is 167 Å². The van der Waals surface area contributed by atoms with Crippen LogP contribution in [0.4, 0.5) is 0 Å². The summed E-state index contributed by atoms with van der Waals surface area (Å²) in [6, 6.07) is 21.3. The molecule has 0 radical (unpaired) electrons. The van der Waals surface area contributed by atoms with E-state index in [0.29, 0.717) is 0 Å². The average molecular weight is 367 g/mol. The zero-order valence-electron chi connectivity index (χ0n) is 17.2. The Kier molecular flexibility index (Phi) is 4.50. The Balaban J connectivity index is 1.83. The van der Waals surface area contributed by atoms with Gasteiger partial charge in [-0.2, -0.15) is 0 Å². The smallest absolute Gasteiger partial charge is 0.0783 e. The zero-order chi connectivity index (χ0) is 19.9. The monoisotopic (exact) mass is 366 g/mol. The predicted molar refractivity (Wildman–Crippen MR) is 119 cm³/mol. The molecule has 0 spiro atoms. The highest BCUT2D eigenvalue weighted by atomic mass is 14.7. The second-order valence-corrected chi connectivity index (χ2v) is 8.55. The minimum absolute atomic E-state index is 0.0991. The lowest BCUT2D eigenvalue weighted by Crippen LogP contribution is -2.13. The fourth-order valence-corrected chi connectivity index (χ4v) is 3.88. The van der Waals surface area contributed by atoms with E-state index in [0.717, 1.165) is 28.2 Å². The van der Waals surface area contributed by atoms with Crippen molar-refractivity contribution in [2.75, 3.05) is 0 Å². The van der Waals surface area contributed by atoms with E-state index >= 15 is 0 Å².